The van der Waals surface area contributed by atoms with Crippen LogP contribution in [-0.2, 0) is 4.43 Å². The first-order chi connectivity index (χ1) is 7.70. The summed E-state index contributed by atoms with van der Waals surface area (Å²) in [6.07, 6.45) is 9.42. The summed E-state index contributed by atoms with van der Waals surface area (Å²) in [5, 5.41) is 0.292. The van der Waals surface area contributed by atoms with Gasteiger partial charge >= 0.3 is 0 Å². The van der Waals surface area contributed by atoms with Crippen molar-refractivity contribution in [2.24, 2.45) is 0 Å². The normalized spacial score (nSPS) is 15.2. The van der Waals surface area contributed by atoms with E-state index in [0.29, 0.717) is 8.96 Å². The number of hydrogen-bond donors (Lipinski definition) is 0. The molecule has 0 spiro atoms. The zero-order valence-electron chi connectivity index (χ0n) is 12.3. The van der Waals surface area contributed by atoms with Crippen LogP contribution in [0.3, 0.4) is 0 Å². The first-order valence-electron chi connectivity index (χ1n) is 6.69. The molecule has 0 fully saturated rings. The molecule has 102 valence electrons. The van der Waals surface area contributed by atoms with Gasteiger partial charge in [0.25, 0.3) is 0 Å². The summed E-state index contributed by atoms with van der Waals surface area (Å²) < 4.78 is 6.64. The summed E-state index contributed by atoms with van der Waals surface area (Å²) in [5.74, 6) is 0. The second kappa shape index (κ2) is 7.82. The standard InChI is InChI=1S/C14H29IOSi/c1-7-8-9-10-13(15)11-12-16-17(5,6)14(2,3)4/h11-13H,7-10H2,1-6H3/b12-11+/t13-/m0/s1. The summed E-state index contributed by atoms with van der Waals surface area (Å²) in [6.45, 7) is 13.6. The van der Waals surface area contributed by atoms with Crippen molar-refractivity contribution in [3.8, 4) is 0 Å². The van der Waals surface area contributed by atoms with Gasteiger partial charge < -0.3 is 4.43 Å². The van der Waals surface area contributed by atoms with Crippen LogP contribution >= 0.6 is 22.6 Å². The third-order valence-electron chi connectivity index (χ3n) is 3.54. The lowest BCUT2D eigenvalue weighted by Gasteiger charge is -2.35. The van der Waals surface area contributed by atoms with E-state index in [1.54, 1.807) is 0 Å². The molecule has 0 aliphatic rings. The Bertz CT molecular complexity index is 231. The van der Waals surface area contributed by atoms with Crippen LogP contribution in [-0.4, -0.2) is 12.2 Å². The summed E-state index contributed by atoms with van der Waals surface area (Å²) in [6, 6.07) is 0. The average Bonchev–Trinajstić information content (AvgIpc) is 2.16. The Balaban J connectivity index is 4.01. The zero-order valence-corrected chi connectivity index (χ0v) is 15.5. The molecule has 0 saturated carbocycles. The molecule has 0 aromatic carbocycles. The number of alkyl halides is 1. The Kier molecular flexibility index (Phi) is 8.04. The van der Waals surface area contributed by atoms with E-state index in [2.05, 4.69) is 69.5 Å². The minimum absolute atomic E-state index is 0.292. The Labute approximate surface area is 123 Å². The van der Waals surface area contributed by atoms with Crippen molar-refractivity contribution < 1.29 is 4.43 Å². The summed E-state index contributed by atoms with van der Waals surface area (Å²) in [7, 11) is -1.60. The van der Waals surface area contributed by atoms with Crippen molar-refractivity contribution in [3.63, 3.8) is 0 Å². The third-order valence-corrected chi connectivity index (χ3v) is 8.92. The Morgan fingerprint density at radius 3 is 2.29 bits per heavy atom. The lowest BCUT2D eigenvalue weighted by atomic mass is 10.1. The molecule has 0 amide bonds. The van der Waals surface area contributed by atoms with E-state index < -0.39 is 8.32 Å². The Morgan fingerprint density at radius 1 is 1.24 bits per heavy atom. The third kappa shape index (κ3) is 7.49. The van der Waals surface area contributed by atoms with Crippen molar-refractivity contribution in [1.82, 2.24) is 0 Å². The number of unbranched alkanes of at least 4 members (excludes halogenated alkanes) is 2. The molecule has 0 heterocycles. The Hall–Kier alpha value is 0.487. The van der Waals surface area contributed by atoms with Crippen molar-refractivity contribution >= 4 is 30.9 Å². The van der Waals surface area contributed by atoms with E-state index in [9.17, 15) is 0 Å². The molecular formula is C14H29IOSi. The van der Waals surface area contributed by atoms with E-state index in [4.69, 9.17) is 4.43 Å². The van der Waals surface area contributed by atoms with Gasteiger partial charge in [-0.25, -0.2) is 0 Å². The highest BCUT2D eigenvalue weighted by Crippen LogP contribution is 2.36. The lowest BCUT2D eigenvalue weighted by molar-refractivity contribution is 0.428. The number of allylic oxidation sites excluding steroid dienone is 1. The van der Waals surface area contributed by atoms with E-state index in [-0.39, 0.29) is 0 Å². The van der Waals surface area contributed by atoms with E-state index in [1.165, 1.54) is 25.7 Å². The largest absolute Gasteiger partial charge is 0.549 e. The van der Waals surface area contributed by atoms with Crippen LogP contribution in [0.2, 0.25) is 18.1 Å². The molecule has 1 atom stereocenters. The maximum atomic E-state index is 6.02. The number of hydrogen-bond acceptors (Lipinski definition) is 1. The van der Waals surface area contributed by atoms with Crippen LogP contribution < -0.4 is 0 Å². The van der Waals surface area contributed by atoms with E-state index >= 15 is 0 Å². The topological polar surface area (TPSA) is 9.23 Å². The highest BCUT2D eigenvalue weighted by Gasteiger charge is 2.37. The first-order valence-corrected chi connectivity index (χ1v) is 10.8. The van der Waals surface area contributed by atoms with Gasteiger partial charge in [0.2, 0.25) is 8.32 Å². The van der Waals surface area contributed by atoms with Crippen molar-refractivity contribution in [1.29, 1.82) is 0 Å². The molecule has 0 unspecified atom stereocenters. The highest BCUT2D eigenvalue weighted by molar-refractivity contribution is 14.1. The second-order valence-electron chi connectivity index (χ2n) is 6.22. The zero-order chi connectivity index (χ0) is 13.5. The fourth-order valence-corrected chi connectivity index (χ4v) is 2.54. The molecule has 0 bridgehead atoms. The molecule has 0 rings (SSSR count). The van der Waals surface area contributed by atoms with Gasteiger partial charge in [-0.1, -0.05) is 69.5 Å². The predicted octanol–water partition coefficient (Wildman–Crippen LogP) is 5.91. The van der Waals surface area contributed by atoms with Gasteiger partial charge in [0.15, 0.2) is 0 Å². The molecule has 1 nitrogen and oxygen atoms in total. The van der Waals surface area contributed by atoms with Crippen LogP contribution in [0.1, 0.15) is 53.4 Å². The molecule has 3 heteroatoms. The maximum absolute atomic E-state index is 6.02. The van der Waals surface area contributed by atoms with Crippen LogP contribution in [0.15, 0.2) is 12.3 Å². The minimum Gasteiger partial charge on any atom is -0.549 e. The molecule has 0 aliphatic heterocycles. The van der Waals surface area contributed by atoms with Crippen LogP contribution in [0.5, 0.6) is 0 Å². The van der Waals surface area contributed by atoms with Crippen molar-refractivity contribution in [2.45, 2.75) is 75.4 Å². The van der Waals surface area contributed by atoms with Gasteiger partial charge in [-0.2, -0.15) is 0 Å². The van der Waals surface area contributed by atoms with Crippen LogP contribution in [0.4, 0.5) is 0 Å². The summed E-state index contributed by atoms with van der Waals surface area (Å²) in [5.41, 5.74) is 0. The van der Waals surface area contributed by atoms with Gasteiger partial charge in [-0.15, -0.1) is 0 Å². The summed E-state index contributed by atoms with van der Waals surface area (Å²) >= 11 is 2.50. The predicted molar refractivity (Wildman–Crippen MR) is 89.4 cm³/mol. The van der Waals surface area contributed by atoms with Gasteiger partial charge in [0, 0.05) is 3.92 Å². The lowest BCUT2D eigenvalue weighted by Crippen LogP contribution is -2.39. The highest BCUT2D eigenvalue weighted by atomic mass is 127. The van der Waals surface area contributed by atoms with Crippen LogP contribution in [0.25, 0.3) is 0 Å². The fourth-order valence-electron chi connectivity index (χ4n) is 1.16. The number of halogens is 1. The molecule has 0 N–H and O–H groups in total. The van der Waals surface area contributed by atoms with E-state index in [0.717, 1.165) is 0 Å². The van der Waals surface area contributed by atoms with Gasteiger partial charge in [0.1, 0.15) is 0 Å². The first kappa shape index (κ1) is 17.5. The monoisotopic (exact) mass is 368 g/mol. The molecule has 0 saturated heterocycles. The van der Waals surface area contributed by atoms with Crippen molar-refractivity contribution in [2.75, 3.05) is 0 Å². The fraction of sp³-hybridized carbons (Fsp3) is 0.857. The van der Waals surface area contributed by atoms with E-state index in [1.807, 2.05) is 6.26 Å². The maximum Gasteiger partial charge on any atom is 0.249 e. The second-order valence-corrected chi connectivity index (χ2v) is 12.6. The van der Waals surface area contributed by atoms with Gasteiger partial charge in [-0.05, 0) is 30.6 Å². The average molecular weight is 368 g/mol. The molecule has 0 aromatic heterocycles. The Morgan fingerprint density at radius 2 is 1.82 bits per heavy atom. The quantitative estimate of drug-likeness (QED) is 0.179. The van der Waals surface area contributed by atoms with Crippen LogP contribution in [0, 0.1) is 0 Å². The molecule has 0 radical (unpaired) electrons. The van der Waals surface area contributed by atoms with Gasteiger partial charge in [0.05, 0.1) is 6.26 Å². The smallest absolute Gasteiger partial charge is 0.249 e. The van der Waals surface area contributed by atoms with Crippen molar-refractivity contribution in [3.05, 3.63) is 12.3 Å². The molecule has 0 aliphatic carbocycles. The molecule has 17 heavy (non-hydrogen) atoms. The SMILES string of the molecule is CCCCC[C@H](I)/C=C/O[Si](C)(C)C(C)(C)C. The number of rotatable bonds is 7. The summed E-state index contributed by atoms with van der Waals surface area (Å²) in [4.78, 5) is 0. The van der Waals surface area contributed by atoms with Gasteiger partial charge in [-0.3, -0.25) is 0 Å². The molecule has 0 aromatic rings. The minimum atomic E-state index is -1.60. The molecular weight excluding hydrogens is 339 g/mol.